The molecule has 0 aliphatic carbocycles. The zero-order chi connectivity index (χ0) is 15.1. The van der Waals surface area contributed by atoms with Gasteiger partial charge in [-0.15, -0.1) is 0 Å². The largest absolute Gasteiger partial charge is 0.496 e. The van der Waals surface area contributed by atoms with Gasteiger partial charge in [0.1, 0.15) is 12.0 Å². The number of benzene rings is 1. The van der Waals surface area contributed by atoms with E-state index in [0.717, 1.165) is 18.5 Å². The van der Waals surface area contributed by atoms with Gasteiger partial charge in [0, 0.05) is 6.42 Å². The van der Waals surface area contributed by atoms with Gasteiger partial charge in [-0.25, -0.2) is 0 Å². The monoisotopic (exact) mass is 272 g/mol. The molecule has 0 aliphatic heterocycles. The van der Waals surface area contributed by atoms with E-state index in [2.05, 4.69) is 52.0 Å². The lowest BCUT2D eigenvalue weighted by molar-refractivity contribution is -0.107. The average molecular weight is 272 g/mol. The van der Waals surface area contributed by atoms with E-state index in [-0.39, 0.29) is 0 Å². The minimum Gasteiger partial charge on any atom is -0.496 e. The van der Waals surface area contributed by atoms with Gasteiger partial charge in [-0.3, -0.25) is 0 Å². The maximum Gasteiger partial charge on any atom is 0.122 e. The van der Waals surface area contributed by atoms with Crippen molar-refractivity contribution in [3.05, 3.63) is 46.0 Å². The third-order valence-electron chi connectivity index (χ3n) is 3.59. The van der Waals surface area contributed by atoms with Crippen molar-refractivity contribution < 1.29 is 9.53 Å². The number of rotatable bonds is 6. The summed E-state index contributed by atoms with van der Waals surface area (Å²) in [6.07, 6.45) is 8.68. The molecule has 0 amide bonds. The fourth-order valence-corrected chi connectivity index (χ4v) is 2.20. The fraction of sp³-hybridized carbons (Fsp3) is 0.389. The number of ether oxygens (including phenoxy) is 1. The molecule has 0 radical (unpaired) electrons. The van der Waals surface area contributed by atoms with Crippen LogP contribution in [0.5, 0.6) is 5.75 Å². The van der Waals surface area contributed by atoms with Crippen molar-refractivity contribution in [2.24, 2.45) is 0 Å². The molecule has 2 nitrogen and oxygen atoms in total. The number of aryl methyl sites for hydroxylation is 1. The number of hydrogen-bond acceptors (Lipinski definition) is 2. The van der Waals surface area contributed by atoms with E-state index in [0.29, 0.717) is 6.42 Å². The third kappa shape index (κ3) is 4.09. The van der Waals surface area contributed by atoms with E-state index in [1.165, 1.54) is 27.8 Å². The second-order valence-electron chi connectivity index (χ2n) is 5.08. The highest BCUT2D eigenvalue weighted by Crippen LogP contribution is 2.28. The number of carbonyl (C=O) groups is 1. The van der Waals surface area contributed by atoms with Crippen LogP contribution < -0.4 is 4.74 Å². The lowest BCUT2D eigenvalue weighted by atomic mass is 9.96. The highest BCUT2D eigenvalue weighted by Gasteiger charge is 2.08. The Labute approximate surface area is 122 Å². The minimum atomic E-state index is 0.588. The van der Waals surface area contributed by atoms with Crippen LogP contribution in [-0.4, -0.2) is 13.4 Å². The zero-order valence-electron chi connectivity index (χ0n) is 13.1. The Morgan fingerprint density at radius 2 is 1.90 bits per heavy atom. The molecule has 0 unspecified atom stereocenters. The topological polar surface area (TPSA) is 26.3 Å². The maximum absolute atomic E-state index is 10.3. The molecular weight excluding hydrogens is 248 g/mol. The molecule has 1 aromatic carbocycles. The Balaban J connectivity index is 3.01. The Hall–Kier alpha value is -1.83. The van der Waals surface area contributed by atoms with E-state index in [4.69, 9.17) is 4.74 Å². The lowest BCUT2D eigenvalue weighted by Crippen LogP contribution is -1.95. The standard InChI is InChI=1S/C18H24O2/c1-13(8-6-7-11-19)9-10-17-14(2)12-18(20-5)16(4)15(17)3/h8-12H,6-7H2,1-5H3/b10-9+,13-8+. The van der Waals surface area contributed by atoms with Crippen molar-refractivity contribution in [3.63, 3.8) is 0 Å². The molecule has 0 aliphatic rings. The molecular formula is C18H24O2. The van der Waals surface area contributed by atoms with E-state index in [9.17, 15) is 4.79 Å². The van der Waals surface area contributed by atoms with Gasteiger partial charge in [-0.05, 0) is 62.4 Å². The number of hydrogen-bond donors (Lipinski definition) is 0. The highest BCUT2D eigenvalue weighted by atomic mass is 16.5. The first kappa shape index (κ1) is 16.2. The molecule has 0 saturated heterocycles. The summed E-state index contributed by atoms with van der Waals surface area (Å²) >= 11 is 0. The van der Waals surface area contributed by atoms with Gasteiger partial charge in [-0.1, -0.05) is 23.8 Å². The third-order valence-corrected chi connectivity index (χ3v) is 3.59. The highest BCUT2D eigenvalue weighted by molar-refractivity contribution is 5.64. The Bertz CT molecular complexity index is 537. The zero-order valence-corrected chi connectivity index (χ0v) is 13.1. The second-order valence-corrected chi connectivity index (χ2v) is 5.08. The molecule has 1 rings (SSSR count). The second kappa shape index (κ2) is 7.68. The van der Waals surface area contributed by atoms with Crippen molar-refractivity contribution in [2.45, 2.75) is 40.5 Å². The molecule has 20 heavy (non-hydrogen) atoms. The first-order chi connectivity index (χ1) is 9.51. The molecule has 108 valence electrons. The van der Waals surface area contributed by atoms with E-state index in [1.807, 2.05) is 0 Å². The van der Waals surface area contributed by atoms with Crippen LogP contribution >= 0.6 is 0 Å². The van der Waals surface area contributed by atoms with Crippen LogP contribution in [0, 0.1) is 20.8 Å². The van der Waals surface area contributed by atoms with Crippen LogP contribution in [0.4, 0.5) is 0 Å². The van der Waals surface area contributed by atoms with E-state index < -0.39 is 0 Å². The first-order valence-corrected chi connectivity index (χ1v) is 6.94. The smallest absolute Gasteiger partial charge is 0.122 e. The number of methoxy groups -OCH3 is 1. The van der Waals surface area contributed by atoms with Gasteiger partial charge >= 0.3 is 0 Å². The predicted molar refractivity (Wildman–Crippen MR) is 85.3 cm³/mol. The lowest BCUT2D eigenvalue weighted by Gasteiger charge is -2.13. The van der Waals surface area contributed by atoms with Gasteiger partial charge in [0.2, 0.25) is 0 Å². The van der Waals surface area contributed by atoms with Crippen LogP contribution in [0.2, 0.25) is 0 Å². The molecule has 0 fully saturated rings. The summed E-state index contributed by atoms with van der Waals surface area (Å²) in [6.45, 7) is 8.36. The summed E-state index contributed by atoms with van der Waals surface area (Å²) in [4.78, 5) is 10.3. The summed E-state index contributed by atoms with van der Waals surface area (Å²) in [6, 6.07) is 2.08. The van der Waals surface area contributed by atoms with Crippen molar-refractivity contribution in [1.29, 1.82) is 0 Å². The van der Waals surface area contributed by atoms with Gasteiger partial charge in [-0.2, -0.15) is 0 Å². The number of unbranched alkanes of at least 4 members (excludes halogenated alkanes) is 1. The van der Waals surface area contributed by atoms with Gasteiger partial charge in [0.15, 0.2) is 0 Å². The van der Waals surface area contributed by atoms with Crippen LogP contribution in [0.15, 0.2) is 23.8 Å². The van der Waals surface area contributed by atoms with Gasteiger partial charge < -0.3 is 9.53 Å². The molecule has 2 heteroatoms. The van der Waals surface area contributed by atoms with Crippen molar-refractivity contribution in [3.8, 4) is 5.75 Å². The Morgan fingerprint density at radius 1 is 1.20 bits per heavy atom. The number of aldehydes is 1. The first-order valence-electron chi connectivity index (χ1n) is 6.94. The molecule has 0 heterocycles. The van der Waals surface area contributed by atoms with Crippen LogP contribution in [0.1, 0.15) is 42.0 Å². The van der Waals surface area contributed by atoms with Gasteiger partial charge in [0.05, 0.1) is 7.11 Å². The molecule has 0 N–H and O–H groups in total. The van der Waals surface area contributed by atoms with Crippen molar-refractivity contribution in [2.75, 3.05) is 7.11 Å². The summed E-state index contributed by atoms with van der Waals surface area (Å²) in [5.41, 5.74) is 6.06. The van der Waals surface area contributed by atoms with Crippen LogP contribution in [0.25, 0.3) is 6.08 Å². The molecule has 0 spiro atoms. The number of allylic oxidation sites excluding steroid dienone is 3. The molecule has 0 bridgehead atoms. The summed E-state index contributed by atoms with van der Waals surface area (Å²) < 4.78 is 5.38. The maximum atomic E-state index is 10.3. The summed E-state index contributed by atoms with van der Waals surface area (Å²) in [7, 11) is 1.71. The fourth-order valence-electron chi connectivity index (χ4n) is 2.20. The number of carbonyl (C=O) groups excluding carboxylic acids is 1. The van der Waals surface area contributed by atoms with Crippen molar-refractivity contribution >= 4 is 12.4 Å². The van der Waals surface area contributed by atoms with Crippen LogP contribution in [0.3, 0.4) is 0 Å². The van der Waals surface area contributed by atoms with Crippen molar-refractivity contribution in [1.82, 2.24) is 0 Å². The summed E-state index contributed by atoms with van der Waals surface area (Å²) in [5, 5.41) is 0. The van der Waals surface area contributed by atoms with E-state index >= 15 is 0 Å². The SMILES string of the molecule is COc1cc(C)c(/C=C/C(C)=C/CCC=O)c(C)c1C. The minimum absolute atomic E-state index is 0.588. The summed E-state index contributed by atoms with van der Waals surface area (Å²) in [5.74, 6) is 0.940. The Kier molecular flexibility index (Phi) is 6.23. The average Bonchev–Trinajstić information content (AvgIpc) is 2.43. The van der Waals surface area contributed by atoms with Crippen LogP contribution in [-0.2, 0) is 4.79 Å². The molecule has 0 atom stereocenters. The van der Waals surface area contributed by atoms with Gasteiger partial charge in [0.25, 0.3) is 0 Å². The normalized spacial score (nSPS) is 11.9. The molecule has 0 aromatic heterocycles. The Morgan fingerprint density at radius 3 is 2.50 bits per heavy atom. The molecule has 1 aromatic rings. The molecule has 0 saturated carbocycles. The van der Waals surface area contributed by atoms with E-state index in [1.54, 1.807) is 7.11 Å². The predicted octanol–water partition coefficient (Wildman–Crippen LogP) is 4.56. The quantitative estimate of drug-likeness (QED) is 0.431.